The molecule has 0 spiro atoms. The van der Waals surface area contributed by atoms with Crippen molar-refractivity contribution in [2.45, 2.75) is 20.3 Å². The SMILES string of the molecule is CCNC(=O)/C=C1/c2cccc(C)c2CCN1C=O. The maximum Gasteiger partial charge on any atom is 0.246 e. The van der Waals surface area contributed by atoms with Crippen LogP contribution >= 0.6 is 0 Å². The van der Waals surface area contributed by atoms with Gasteiger partial charge >= 0.3 is 0 Å². The molecule has 1 aromatic rings. The van der Waals surface area contributed by atoms with Gasteiger partial charge in [-0.3, -0.25) is 9.59 Å². The van der Waals surface area contributed by atoms with E-state index in [0.29, 0.717) is 18.8 Å². The summed E-state index contributed by atoms with van der Waals surface area (Å²) in [6, 6.07) is 5.97. The summed E-state index contributed by atoms with van der Waals surface area (Å²) in [5.74, 6) is -0.168. The first-order valence-electron chi connectivity index (χ1n) is 6.47. The Morgan fingerprint density at radius 2 is 2.26 bits per heavy atom. The molecule has 1 heterocycles. The second-order valence-electron chi connectivity index (χ2n) is 4.57. The van der Waals surface area contributed by atoms with Crippen LogP contribution in [-0.2, 0) is 16.0 Å². The molecule has 4 nitrogen and oxygen atoms in total. The van der Waals surface area contributed by atoms with Gasteiger partial charge in [0, 0.05) is 24.7 Å². The van der Waals surface area contributed by atoms with Crippen molar-refractivity contribution >= 4 is 18.0 Å². The van der Waals surface area contributed by atoms with Crippen LogP contribution in [0.15, 0.2) is 24.3 Å². The number of nitrogens with zero attached hydrogens (tertiary/aromatic N) is 1. The molecule has 1 aromatic carbocycles. The van der Waals surface area contributed by atoms with Crippen molar-refractivity contribution in [2.75, 3.05) is 13.1 Å². The van der Waals surface area contributed by atoms with Gasteiger partial charge in [-0.05, 0) is 31.4 Å². The fraction of sp³-hybridized carbons (Fsp3) is 0.333. The monoisotopic (exact) mass is 258 g/mol. The molecule has 0 radical (unpaired) electrons. The van der Waals surface area contributed by atoms with Crippen molar-refractivity contribution in [3.8, 4) is 0 Å². The van der Waals surface area contributed by atoms with Crippen molar-refractivity contribution in [1.82, 2.24) is 10.2 Å². The predicted molar refractivity (Wildman–Crippen MR) is 74.3 cm³/mol. The number of carbonyl (C=O) groups excluding carboxylic acids is 2. The molecule has 1 aliphatic rings. The molecule has 19 heavy (non-hydrogen) atoms. The molecule has 0 fully saturated rings. The first kappa shape index (κ1) is 13.3. The topological polar surface area (TPSA) is 49.4 Å². The Balaban J connectivity index is 2.47. The van der Waals surface area contributed by atoms with E-state index in [0.717, 1.165) is 18.4 Å². The Morgan fingerprint density at radius 1 is 1.47 bits per heavy atom. The first-order valence-corrected chi connectivity index (χ1v) is 6.47. The van der Waals surface area contributed by atoms with Crippen LogP contribution in [0, 0.1) is 6.92 Å². The smallest absolute Gasteiger partial charge is 0.246 e. The lowest BCUT2D eigenvalue weighted by Gasteiger charge is -2.29. The summed E-state index contributed by atoms with van der Waals surface area (Å²) < 4.78 is 0. The average molecular weight is 258 g/mol. The highest BCUT2D eigenvalue weighted by atomic mass is 16.1. The van der Waals surface area contributed by atoms with Gasteiger partial charge in [-0.2, -0.15) is 0 Å². The lowest BCUT2D eigenvalue weighted by atomic mass is 9.92. The van der Waals surface area contributed by atoms with E-state index in [1.165, 1.54) is 17.2 Å². The van der Waals surface area contributed by atoms with Gasteiger partial charge in [0.1, 0.15) is 0 Å². The minimum absolute atomic E-state index is 0.168. The van der Waals surface area contributed by atoms with E-state index in [2.05, 4.69) is 18.3 Å². The molecule has 2 amide bonds. The van der Waals surface area contributed by atoms with Gasteiger partial charge in [-0.15, -0.1) is 0 Å². The highest BCUT2D eigenvalue weighted by Gasteiger charge is 2.22. The van der Waals surface area contributed by atoms with Crippen molar-refractivity contribution in [3.63, 3.8) is 0 Å². The Kier molecular flexibility index (Phi) is 4.00. The van der Waals surface area contributed by atoms with Crippen LogP contribution in [0.3, 0.4) is 0 Å². The third-order valence-corrected chi connectivity index (χ3v) is 3.34. The van der Waals surface area contributed by atoms with Crippen LogP contribution in [0.5, 0.6) is 0 Å². The molecule has 100 valence electrons. The molecular weight excluding hydrogens is 240 g/mol. The van der Waals surface area contributed by atoms with Gasteiger partial charge in [0.15, 0.2) is 0 Å². The number of likely N-dealkylation sites (N-methyl/N-ethyl adjacent to an activating group) is 1. The van der Waals surface area contributed by atoms with E-state index in [1.54, 1.807) is 4.90 Å². The summed E-state index contributed by atoms with van der Waals surface area (Å²) >= 11 is 0. The van der Waals surface area contributed by atoms with Crippen LogP contribution < -0.4 is 5.32 Å². The summed E-state index contributed by atoms with van der Waals surface area (Å²) in [6.07, 6.45) is 3.12. The van der Waals surface area contributed by atoms with Gasteiger partial charge < -0.3 is 10.2 Å². The number of fused-ring (bicyclic) bond motifs is 1. The molecule has 0 aliphatic carbocycles. The molecule has 1 aliphatic heterocycles. The summed E-state index contributed by atoms with van der Waals surface area (Å²) in [5.41, 5.74) is 4.08. The molecule has 0 aromatic heterocycles. The van der Waals surface area contributed by atoms with Gasteiger partial charge in [-0.25, -0.2) is 0 Å². The summed E-state index contributed by atoms with van der Waals surface area (Å²) in [6.45, 7) is 5.11. The summed E-state index contributed by atoms with van der Waals surface area (Å²) in [4.78, 5) is 24.5. The summed E-state index contributed by atoms with van der Waals surface area (Å²) in [7, 11) is 0. The van der Waals surface area contributed by atoms with Crippen LogP contribution in [0.1, 0.15) is 23.6 Å². The van der Waals surface area contributed by atoms with Gasteiger partial charge in [0.2, 0.25) is 12.3 Å². The highest BCUT2D eigenvalue weighted by Crippen LogP contribution is 2.29. The molecule has 0 bridgehead atoms. The molecule has 0 atom stereocenters. The van der Waals surface area contributed by atoms with E-state index in [1.807, 2.05) is 19.1 Å². The zero-order chi connectivity index (χ0) is 13.8. The van der Waals surface area contributed by atoms with Crippen molar-refractivity contribution in [1.29, 1.82) is 0 Å². The van der Waals surface area contributed by atoms with Gasteiger partial charge in [0.05, 0.1) is 5.70 Å². The standard InChI is InChI=1S/C15H18N2O2/c1-3-16-15(19)9-14-13-6-4-5-11(2)12(13)7-8-17(14)10-18/h4-6,9-10H,3,7-8H2,1-2H3,(H,16,19)/b14-9-. The second-order valence-corrected chi connectivity index (χ2v) is 4.57. The highest BCUT2D eigenvalue weighted by molar-refractivity contribution is 5.97. The van der Waals surface area contributed by atoms with Crippen LogP contribution in [0.2, 0.25) is 0 Å². The number of hydrogen-bond donors (Lipinski definition) is 1. The maximum atomic E-state index is 11.7. The number of benzene rings is 1. The van der Waals surface area contributed by atoms with E-state index in [-0.39, 0.29) is 5.91 Å². The summed E-state index contributed by atoms with van der Waals surface area (Å²) in [5, 5.41) is 2.72. The number of aryl methyl sites for hydroxylation is 1. The van der Waals surface area contributed by atoms with Crippen molar-refractivity contribution in [3.05, 3.63) is 41.0 Å². The molecule has 4 heteroatoms. The Bertz CT molecular complexity index is 535. The lowest BCUT2D eigenvalue weighted by Crippen LogP contribution is -2.30. The second kappa shape index (κ2) is 5.69. The fourth-order valence-electron chi connectivity index (χ4n) is 2.40. The molecule has 1 N–H and O–H groups in total. The minimum Gasteiger partial charge on any atom is -0.353 e. The number of rotatable bonds is 3. The van der Waals surface area contributed by atoms with Crippen molar-refractivity contribution < 1.29 is 9.59 Å². The van der Waals surface area contributed by atoms with E-state index >= 15 is 0 Å². The molecule has 0 saturated carbocycles. The fourth-order valence-corrected chi connectivity index (χ4v) is 2.40. The minimum atomic E-state index is -0.168. The normalized spacial score (nSPS) is 16.1. The molecule has 2 rings (SSSR count). The van der Waals surface area contributed by atoms with E-state index in [9.17, 15) is 9.59 Å². The zero-order valence-corrected chi connectivity index (χ0v) is 11.3. The lowest BCUT2D eigenvalue weighted by molar-refractivity contribution is -0.116. The van der Waals surface area contributed by atoms with E-state index < -0.39 is 0 Å². The predicted octanol–water partition coefficient (Wildman–Crippen LogP) is 1.49. The number of carbonyl (C=O) groups is 2. The maximum absolute atomic E-state index is 11.7. The Labute approximate surface area is 113 Å². The molecule has 0 unspecified atom stereocenters. The number of nitrogens with one attached hydrogen (secondary N) is 1. The third kappa shape index (κ3) is 2.67. The van der Waals surface area contributed by atoms with Gasteiger partial charge in [0.25, 0.3) is 0 Å². The van der Waals surface area contributed by atoms with Crippen LogP contribution in [-0.4, -0.2) is 30.3 Å². The quantitative estimate of drug-likeness (QED) is 0.659. The largest absolute Gasteiger partial charge is 0.353 e. The molecular formula is C15H18N2O2. The van der Waals surface area contributed by atoms with Crippen LogP contribution in [0.4, 0.5) is 0 Å². The Hall–Kier alpha value is -2.10. The number of amides is 2. The third-order valence-electron chi connectivity index (χ3n) is 3.34. The van der Waals surface area contributed by atoms with E-state index in [4.69, 9.17) is 0 Å². The number of hydrogen-bond acceptors (Lipinski definition) is 2. The average Bonchev–Trinajstić information content (AvgIpc) is 2.40. The first-order chi connectivity index (χ1) is 9.17. The molecule has 0 saturated heterocycles. The van der Waals surface area contributed by atoms with Gasteiger partial charge in [-0.1, -0.05) is 18.2 Å². The van der Waals surface area contributed by atoms with Crippen molar-refractivity contribution in [2.24, 2.45) is 0 Å². The Morgan fingerprint density at radius 3 is 2.95 bits per heavy atom. The van der Waals surface area contributed by atoms with Crippen LogP contribution in [0.25, 0.3) is 5.70 Å². The zero-order valence-electron chi connectivity index (χ0n) is 11.3.